The van der Waals surface area contributed by atoms with Crippen LogP contribution < -0.4 is 5.32 Å². The highest BCUT2D eigenvalue weighted by Crippen LogP contribution is 2.33. The maximum atomic E-state index is 12.4. The van der Waals surface area contributed by atoms with Gasteiger partial charge in [0.1, 0.15) is 12.6 Å². The molecule has 0 aromatic heterocycles. The number of amides is 2. The van der Waals surface area contributed by atoms with Crippen LogP contribution in [0, 0.1) is 0 Å². The monoisotopic (exact) mass is 290 g/mol. The molecule has 1 N–H and O–H groups in total. The average molecular weight is 290 g/mol. The molecule has 6 heteroatoms. The summed E-state index contributed by atoms with van der Waals surface area (Å²) < 4.78 is 4.49. The van der Waals surface area contributed by atoms with E-state index in [0.29, 0.717) is 17.7 Å². The highest BCUT2D eigenvalue weighted by molar-refractivity contribution is 6.05. The molecule has 0 saturated heterocycles. The normalized spacial score (nSPS) is 16.6. The van der Waals surface area contributed by atoms with Gasteiger partial charge in [0.25, 0.3) is 5.91 Å². The second-order valence-electron chi connectivity index (χ2n) is 4.78. The van der Waals surface area contributed by atoms with Crippen molar-refractivity contribution in [3.8, 4) is 0 Å². The van der Waals surface area contributed by atoms with E-state index in [0.717, 1.165) is 6.42 Å². The summed E-state index contributed by atoms with van der Waals surface area (Å²) in [6, 6.07) is 6.37. The predicted octanol–water partition coefficient (Wildman–Crippen LogP) is 0.883. The van der Waals surface area contributed by atoms with Crippen molar-refractivity contribution in [1.82, 2.24) is 10.2 Å². The lowest BCUT2D eigenvalue weighted by molar-refractivity contribution is -0.141. The Hall–Kier alpha value is -2.37. The molecule has 0 saturated carbocycles. The van der Waals surface area contributed by atoms with Crippen molar-refractivity contribution in [3.05, 3.63) is 35.4 Å². The van der Waals surface area contributed by atoms with Crippen molar-refractivity contribution >= 4 is 17.8 Å². The van der Waals surface area contributed by atoms with Crippen molar-refractivity contribution in [3.63, 3.8) is 0 Å². The molecule has 0 fully saturated rings. The van der Waals surface area contributed by atoms with Crippen LogP contribution in [0.25, 0.3) is 0 Å². The fourth-order valence-electron chi connectivity index (χ4n) is 2.45. The summed E-state index contributed by atoms with van der Waals surface area (Å²) in [5.74, 6) is -1.04. The molecule has 1 unspecified atom stereocenters. The van der Waals surface area contributed by atoms with Crippen molar-refractivity contribution in [2.45, 2.75) is 19.4 Å². The van der Waals surface area contributed by atoms with Crippen LogP contribution in [0.5, 0.6) is 0 Å². The lowest BCUT2D eigenvalue weighted by atomic mass is 10.0. The second kappa shape index (κ2) is 6.39. The summed E-state index contributed by atoms with van der Waals surface area (Å²) in [4.78, 5) is 37.4. The van der Waals surface area contributed by atoms with Gasteiger partial charge < -0.3 is 15.0 Å². The minimum Gasteiger partial charge on any atom is -0.468 e. The number of fused-ring (bicyclic) bond motifs is 1. The van der Waals surface area contributed by atoms with Crippen LogP contribution in [0.2, 0.25) is 0 Å². The minimum absolute atomic E-state index is 0.148. The smallest absolute Gasteiger partial charge is 0.325 e. The summed E-state index contributed by atoms with van der Waals surface area (Å²) in [5, 5.41) is 2.52. The van der Waals surface area contributed by atoms with Crippen LogP contribution in [0.15, 0.2) is 24.3 Å². The van der Waals surface area contributed by atoms with Gasteiger partial charge in [-0.25, -0.2) is 0 Å². The molecule has 1 heterocycles. The minimum atomic E-state index is -0.682. The Morgan fingerprint density at radius 3 is 2.71 bits per heavy atom. The van der Waals surface area contributed by atoms with Gasteiger partial charge in [-0.15, -0.1) is 0 Å². The van der Waals surface area contributed by atoms with Gasteiger partial charge in [0.15, 0.2) is 0 Å². The van der Waals surface area contributed by atoms with Gasteiger partial charge in [0, 0.05) is 12.1 Å². The number of methoxy groups -OCH3 is 1. The zero-order valence-corrected chi connectivity index (χ0v) is 12.1. The third kappa shape index (κ3) is 2.89. The summed E-state index contributed by atoms with van der Waals surface area (Å²) in [6.07, 6.45) is 0.751. The Morgan fingerprint density at radius 1 is 1.33 bits per heavy atom. The molecule has 1 atom stereocenters. The summed E-state index contributed by atoms with van der Waals surface area (Å²) in [7, 11) is 1.26. The number of ether oxygens (including phenoxy) is 1. The van der Waals surface area contributed by atoms with Gasteiger partial charge in [0.05, 0.1) is 7.11 Å². The molecule has 0 spiro atoms. The quantitative estimate of drug-likeness (QED) is 0.817. The van der Waals surface area contributed by atoms with E-state index in [1.54, 1.807) is 24.3 Å². The number of benzene rings is 1. The van der Waals surface area contributed by atoms with Gasteiger partial charge in [-0.3, -0.25) is 14.4 Å². The molecule has 0 radical (unpaired) electrons. The third-order valence-electron chi connectivity index (χ3n) is 3.41. The number of nitrogens with one attached hydrogen (secondary N) is 1. The molecule has 2 rings (SSSR count). The number of carbonyl (C=O) groups is 3. The maximum Gasteiger partial charge on any atom is 0.325 e. The van der Waals surface area contributed by atoms with Crippen molar-refractivity contribution < 1.29 is 19.1 Å². The molecule has 0 bridgehead atoms. The molecule has 1 aromatic carbocycles. The molecule has 1 aliphatic heterocycles. The first kappa shape index (κ1) is 15.0. The Kier molecular flexibility index (Phi) is 4.57. The van der Waals surface area contributed by atoms with E-state index < -0.39 is 12.0 Å². The number of esters is 1. The van der Waals surface area contributed by atoms with Crippen molar-refractivity contribution in [2.75, 3.05) is 20.2 Å². The topological polar surface area (TPSA) is 75.7 Å². The first-order valence-corrected chi connectivity index (χ1v) is 6.84. The Labute approximate surface area is 123 Å². The Bertz CT molecular complexity index is 571. The Balaban J connectivity index is 2.24. The summed E-state index contributed by atoms with van der Waals surface area (Å²) in [5.41, 5.74) is 1.22. The molecule has 112 valence electrons. The molecule has 6 nitrogen and oxygen atoms in total. The van der Waals surface area contributed by atoms with Crippen LogP contribution in [0.3, 0.4) is 0 Å². The highest BCUT2D eigenvalue weighted by atomic mass is 16.5. The van der Waals surface area contributed by atoms with Gasteiger partial charge in [0.2, 0.25) is 5.91 Å². The highest BCUT2D eigenvalue weighted by Gasteiger charge is 2.40. The standard InChI is InChI=1S/C15H18N2O4/c1-3-8-17-13(14(19)16-9-12(18)21-2)10-6-4-5-7-11(10)15(17)20/h4-7,13H,3,8-9H2,1-2H3,(H,16,19). The lowest BCUT2D eigenvalue weighted by Gasteiger charge is -2.23. The molecule has 0 aliphatic carbocycles. The molecular weight excluding hydrogens is 272 g/mol. The summed E-state index contributed by atoms with van der Waals surface area (Å²) >= 11 is 0. The van der Waals surface area contributed by atoms with Crippen LogP contribution >= 0.6 is 0 Å². The largest absolute Gasteiger partial charge is 0.468 e. The van der Waals surface area contributed by atoms with Crippen molar-refractivity contribution in [1.29, 1.82) is 0 Å². The van der Waals surface area contributed by atoms with E-state index in [1.807, 2.05) is 6.92 Å². The van der Waals surface area contributed by atoms with E-state index in [2.05, 4.69) is 10.1 Å². The molecule has 2 amide bonds. The SMILES string of the molecule is CCCN1C(=O)c2ccccc2C1C(=O)NCC(=O)OC. The van der Waals surface area contributed by atoms with Crippen LogP contribution in [0.1, 0.15) is 35.3 Å². The van der Waals surface area contributed by atoms with Gasteiger partial charge in [-0.1, -0.05) is 25.1 Å². The van der Waals surface area contributed by atoms with Gasteiger partial charge in [-0.2, -0.15) is 0 Å². The number of hydrogen-bond acceptors (Lipinski definition) is 4. The van der Waals surface area contributed by atoms with Crippen LogP contribution in [-0.2, 0) is 14.3 Å². The fourth-order valence-corrected chi connectivity index (χ4v) is 2.45. The van der Waals surface area contributed by atoms with E-state index in [9.17, 15) is 14.4 Å². The fraction of sp³-hybridized carbons (Fsp3) is 0.400. The number of carbonyl (C=O) groups excluding carboxylic acids is 3. The van der Waals surface area contributed by atoms with Gasteiger partial charge >= 0.3 is 5.97 Å². The second-order valence-corrected chi connectivity index (χ2v) is 4.78. The van der Waals surface area contributed by atoms with E-state index in [-0.39, 0.29) is 18.4 Å². The third-order valence-corrected chi connectivity index (χ3v) is 3.41. The number of hydrogen-bond donors (Lipinski definition) is 1. The Morgan fingerprint density at radius 2 is 2.05 bits per heavy atom. The lowest BCUT2D eigenvalue weighted by Crippen LogP contribution is -2.41. The average Bonchev–Trinajstić information content (AvgIpc) is 2.78. The van der Waals surface area contributed by atoms with Crippen LogP contribution in [0.4, 0.5) is 0 Å². The molecule has 1 aromatic rings. The molecule has 21 heavy (non-hydrogen) atoms. The van der Waals surface area contributed by atoms with Crippen molar-refractivity contribution in [2.24, 2.45) is 0 Å². The maximum absolute atomic E-state index is 12.4. The molecule has 1 aliphatic rings. The zero-order chi connectivity index (χ0) is 15.4. The first-order chi connectivity index (χ1) is 10.1. The van der Waals surface area contributed by atoms with E-state index >= 15 is 0 Å². The van der Waals surface area contributed by atoms with E-state index in [4.69, 9.17) is 0 Å². The number of rotatable bonds is 5. The predicted molar refractivity (Wildman–Crippen MR) is 75.5 cm³/mol. The summed E-state index contributed by atoms with van der Waals surface area (Å²) in [6.45, 7) is 2.23. The first-order valence-electron chi connectivity index (χ1n) is 6.84. The molecular formula is C15H18N2O4. The van der Waals surface area contributed by atoms with E-state index in [1.165, 1.54) is 12.0 Å². The zero-order valence-electron chi connectivity index (χ0n) is 12.1. The number of nitrogens with zero attached hydrogens (tertiary/aromatic N) is 1. The van der Waals surface area contributed by atoms with Gasteiger partial charge in [-0.05, 0) is 18.1 Å². The van der Waals surface area contributed by atoms with Crippen LogP contribution in [-0.4, -0.2) is 42.9 Å².